The lowest BCUT2D eigenvalue weighted by molar-refractivity contribution is 0.115. The number of unbranched alkanes of at least 4 members (excludes halogenated alkanes) is 6. The van der Waals surface area contributed by atoms with Crippen LogP contribution < -0.4 is 9.47 Å². The Morgan fingerprint density at radius 1 is 0.272 bits per heavy atom. The molecule has 0 spiro atoms. The molecule has 8 nitrogen and oxygen atoms in total. The summed E-state index contributed by atoms with van der Waals surface area (Å²) in [5.74, 6) is 17.2. The number of ether oxygens (including phenoxy) is 8. The lowest BCUT2D eigenvalue weighted by Crippen LogP contribution is -2.10. The van der Waals surface area contributed by atoms with Crippen LogP contribution in [0.1, 0.15) is 400 Å². The van der Waals surface area contributed by atoms with Gasteiger partial charge in [0.15, 0.2) is 0 Å². The molecule has 0 aliphatic carbocycles. The average molecular weight is 2070 g/mol. The summed E-state index contributed by atoms with van der Waals surface area (Å²) in [4.78, 5) is 2.78. The maximum Gasteiger partial charge on any atom is 0.119 e. The largest absolute Gasteiger partial charge is 0.497 e. The number of benzene rings is 4. The highest BCUT2D eigenvalue weighted by Gasteiger charge is 2.16. The molecule has 816 valence electrons. The van der Waals surface area contributed by atoms with Gasteiger partial charge in [-0.05, 0) is 297 Å². The lowest BCUT2D eigenvalue weighted by atomic mass is 10.0. The third-order valence-electron chi connectivity index (χ3n) is 16.5. The predicted molar refractivity (Wildman–Crippen MR) is 651 cm³/mol. The van der Waals surface area contributed by atoms with Gasteiger partial charge in [-0.25, -0.2) is 0 Å². The number of hydrogen-bond acceptors (Lipinski definition) is 16. The topological polar surface area (TPSA) is 73.8 Å². The van der Waals surface area contributed by atoms with E-state index < -0.39 is 0 Å². The Bertz CT molecular complexity index is 2890. The van der Waals surface area contributed by atoms with Crippen LogP contribution in [0.15, 0.2) is 94.7 Å². The van der Waals surface area contributed by atoms with E-state index in [1.54, 1.807) is 56.9 Å². The monoisotopic (exact) mass is 2070 g/mol. The summed E-state index contributed by atoms with van der Waals surface area (Å²) in [6, 6.07) is 29.6. The maximum atomic E-state index is 5.08. The van der Waals surface area contributed by atoms with Crippen molar-refractivity contribution >= 4 is 94.1 Å². The SMILES string of the molecule is CC(C)SCC(C)(C)C.CCC(C)OC.CCC(C)SCC(C)(C)C.CCCCCOC.CCCCCSCC(C)(C)C.CCCCOC.CCCCSCC(C)(C)C.CCCOC.CCCSCC(C)(C)C.CCOC.CCSCC(C)(C)C.COC(C)C.COc1cc(C)cc(C)c1.COc1ccc(C)cc1.Cc1cc(C)cc(SCC(C)(C)C)c1.Cc1ccc(SCC(C)(C)C)cc1. The van der Waals surface area contributed by atoms with Crippen LogP contribution in [0.5, 0.6) is 11.5 Å². The van der Waals surface area contributed by atoms with E-state index in [4.69, 9.17) is 33.2 Å². The molecule has 0 aliphatic rings. The van der Waals surface area contributed by atoms with Crippen LogP contribution in [0.2, 0.25) is 0 Å². The first-order valence-electron chi connectivity index (χ1n) is 51.9. The maximum absolute atomic E-state index is 5.08. The second-order valence-corrected chi connectivity index (χ2v) is 54.5. The molecule has 0 aliphatic heterocycles. The van der Waals surface area contributed by atoms with Crippen molar-refractivity contribution in [3.05, 3.63) is 118 Å². The molecule has 0 saturated heterocycles. The summed E-state index contributed by atoms with van der Waals surface area (Å²) in [5, 5.41) is 1.61. The predicted octanol–water partition coefficient (Wildman–Crippen LogP) is 40.5. The molecule has 4 rings (SSSR count). The average Bonchev–Trinajstić information content (AvgIpc) is 0.862. The van der Waals surface area contributed by atoms with Gasteiger partial charge in [0.05, 0.1) is 26.4 Å². The molecule has 4 aromatic carbocycles. The Balaban J connectivity index is -0.000000122. The Morgan fingerprint density at radius 2 is 0.596 bits per heavy atom. The van der Waals surface area contributed by atoms with E-state index in [9.17, 15) is 0 Å². The van der Waals surface area contributed by atoms with Crippen molar-refractivity contribution in [1.29, 1.82) is 0 Å². The van der Waals surface area contributed by atoms with Crippen molar-refractivity contribution in [3.8, 4) is 11.5 Å². The molecule has 0 radical (unpaired) electrons. The van der Waals surface area contributed by atoms with Gasteiger partial charge >= 0.3 is 0 Å². The number of hydrogen-bond donors (Lipinski definition) is 0. The van der Waals surface area contributed by atoms with Gasteiger partial charge in [-0.15, -0.1) is 23.5 Å². The second kappa shape index (κ2) is 107. The highest BCUT2D eigenvalue weighted by molar-refractivity contribution is 8.01. The Labute approximate surface area is 891 Å². The third-order valence-corrected chi connectivity index (χ3v) is 29.9. The van der Waals surface area contributed by atoms with Crippen molar-refractivity contribution in [1.82, 2.24) is 0 Å². The van der Waals surface area contributed by atoms with E-state index in [1.807, 2.05) is 104 Å². The number of rotatable bonds is 38. The molecular formula is C120H240O8S8. The first-order valence-corrected chi connectivity index (χ1v) is 60.6. The van der Waals surface area contributed by atoms with Crippen molar-refractivity contribution in [2.24, 2.45) is 43.3 Å². The zero-order valence-electron chi connectivity index (χ0n) is 101. The molecule has 0 heterocycles. The molecule has 16 heteroatoms. The van der Waals surface area contributed by atoms with Gasteiger partial charge in [0, 0.05) is 95.6 Å². The summed E-state index contributed by atoms with van der Waals surface area (Å²) in [5.41, 5.74) is 11.7. The molecule has 4 aromatic rings. The summed E-state index contributed by atoms with van der Waals surface area (Å²) >= 11 is 16.3. The van der Waals surface area contributed by atoms with Crippen molar-refractivity contribution in [2.75, 3.05) is 152 Å². The minimum absolute atomic E-state index is 0.384. The van der Waals surface area contributed by atoms with Gasteiger partial charge in [-0.1, -0.05) is 335 Å². The quantitative estimate of drug-likeness (QED) is 0.0315. The van der Waals surface area contributed by atoms with Gasteiger partial charge in [-0.3, -0.25) is 0 Å². The van der Waals surface area contributed by atoms with E-state index in [-0.39, 0.29) is 0 Å². The molecule has 2 atom stereocenters. The van der Waals surface area contributed by atoms with Crippen LogP contribution in [0.3, 0.4) is 0 Å². The second-order valence-electron chi connectivity index (χ2n) is 44.8. The molecule has 136 heavy (non-hydrogen) atoms. The van der Waals surface area contributed by atoms with E-state index in [1.165, 1.54) is 189 Å². The van der Waals surface area contributed by atoms with Crippen LogP contribution in [-0.4, -0.2) is 175 Å². The summed E-state index contributed by atoms with van der Waals surface area (Å²) < 4.78 is 38.6. The number of aryl methyl sites for hydroxylation is 6. The van der Waals surface area contributed by atoms with Crippen LogP contribution in [0.25, 0.3) is 0 Å². The fourth-order valence-electron chi connectivity index (χ4n) is 8.45. The number of thioether (sulfide) groups is 8. The first-order chi connectivity index (χ1) is 62.7. The highest BCUT2D eigenvalue weighted by atomic mass is 32.2. The third kappa shape index (κ3) is 175. The van der Waals surface area contributed by atoms with Crippen LogP contribution in [0.4, 0.5) is 0 Å². The summed E-state index contributed by atoms with van der Waals surface area (Å²) in [7, 11) is 13.7. The molecule has 0 bridgehead atoms. The molecule has 0 aromatic heterocycles. The van der Waals surface area contributed by atoms with Crippen LogP contribution in [0, 0.1) is 84.9 Å². The minimum atomic E-state index is 0.384. The van der Waals surface area contributed by atoms with Gasteiger partial charge < -0.3 is 37.9 Å². The minimum Gasteiger partial charge on any atom is -0.497 e. The van der Waals surface area contributed by atoms with Gasteiger partial charge in [0.1, 0.15) is 11.5 Å². The zero-order valence-corrected chi connectivity index (χ0v) is 108. The molecule has 0 fully saturated rings. The molecule has 0 amide bonds. The lowest BCUT2D eigenvalue weighted by Gasteiger charge is -2.19. The van der Waals surface area contributed by atoms with Gasteiger partial charge in [-0.2, -0.15) is 70.6 Å². The van der Waals surface area contributed by atoms with Crippen molar-refractivity contribution < 1.29 is 37.9 Å². The van der Waals surface area contributed by atoms with E-state index in [0.29, 0.717) is 55.5 Å². The van der Waals surface area contributed by atoms with E-state index >= 15 is 0 Å². The summed E-state index contributed by atoms with van der Waals surface area (Å²) in [6.45, 7) is 106. The smallest absolute Gasteiger partial charge is 0.119 e. The fraction of sp³-hybridized carbons (Fsp3) is 0.800. The van der Waals surface area contributed by atoms with Crippen molar-refractivity contribution in [3.63, 3.8) is 0 Å². The Hall–Kier alpha value is -0.960. The van der Waals surface area contributed by atoms with Crippen LogP contribution >= 0.6 is 94.1 Å². The molecule has 0 saturated carbocycles. The first kappa shape index (κ1) is 160. The van der Waals surface area contributed by atoms with Gasteiger partial charge in [0.2, 0.25) is 0 Å². The van der Waals surface area contributed by atoms with E-state index in [0.717, 1.165) is 61.3 Å². The molecule has 2 unspecified atom stereocenters. The van der Waals surface area contributed by atoms with Gasteiger partial charge in [0.25, 0.3) is 0 Å². The molecular weight excluding hydrogens is 1830 g/mol. The highest BCUT2D eigenvalue weighted by Crippen LogP contribution is 2.31. The number of methoxy groups -OCH3 is 8. The van der Waals surface area contributed by atoms with E-state index in [2.05, 4.69) is 398 Å². The fourth-order valence-corrected chi connectivity index (χ4v) is 16.6. The Kier molecular flexibility index (Phi) is 126. The zero-order chi connectivity index (χ0) is 109. The van der Waals surface area contributed by atoms with Crippen LogP contribution in [-0.2, 0) is 28.4 Å². The summed E-state index contributed by atoms with van der Waals surface area (Å²) in [6.07, 6.45) is 18.7. The molecule has 0 N–H and O–H groups in total. The normalized spacial score (nSPS) is 11.4. The standard InChI is InChI=1S/C13H20S.C12H18S.C10H22S.C9H12O.2C9H20S.C8H10O.2C8H18S.C7H16S.C6H14O.2C5H12O.2C4H10O.C3H8O/c1-10-6-11(2)8-12(7-10)14-9-13(3,4)5;1-10-5-7-11(8-6-10)13-9-12(2,3)4;1-5-6-7-8-11-9-10(2,3)4;1-7-4-8(2)6-9(5-7)10-3;1-6-8(2)10-7-9(3,4)5;1-5-6-7-10-8-9(2,3)4;1-7-3-5-8(9-2)6-4-7;1-7(2)9-6-8(3,4)5;1-5-6-9-7-8(2,3)4;1-5-8-6-7(2,3)4;1-3-4-5-6-7-2;1-4-5(2)6-3;1-3-4-5-6-2;1-4(2)5-3;1-3-4-5-2;1-3-4-2/h6-8H,9H2,1-5H3;5-8H,9H2,1-4H3;5-9H2,1-4H3;4-6H,1-3H3;8H,6-7H2,1-5H3;5-8H2,1-4H3;3-6H,1-2H3;7H,6H2,1-5H3;5-7H2,1-4H3;5-6H2,1-4H3;3-6H2,1-2H3;5H,4H2,1-3H3;3-5H2,1-2H3;4H,1-3H3;3-4H2,1-2H3;3H2,1-2H3. The van der Waals surface area contributed by atoms with Crippen molar-refractivity contribution in [2.45, 2.75) is 441 Å². The Morgan fingerprint density at radius 3 is 0.853 bits per heavy atom.